The maximum absolute atomic E-state index is 11.1. The summed E-state index contributed by atoms with van der Waals surface area (Å²) in [4.78, 5) is 14.5. The lowest BCUT2D eigenvalue weighted by atomic mass is 10.1. The molecule has 0 amide bonds. The van der Waals surface area contributed by atoms with Gasteiger partial charge in [-0.15, -0.1) is 0 Å². The third kappa shape index (κ3) is 2.22. The molecule has 19 heavy (non-hydrogen) atoms. The van der Waals surface area contributed by atoms with Gasteiger partial charge in [-0.2, -0.15) is 0 Å². The van der Waals surface area contributed by atoms with Crippen molar-refractivity contribution >= 4 is 16.9 Å². The third-order valence-corrected chi connectivity index (χ3v) is 2.96. The Morgan fingerprint density at radius 1 is 1.05 bits per heavy atom. The van der Waals surface area contributed by atoms with Gasteiger partial charge in [-0.05, 0) is 24.3 Å². The number of hydrogen-bond acceptors (Lipinski definition) is 2. The predicted octanol–water partition coefficient (Wildman–Crippen LogP) is 3.76. The summed E-state index contributed by atoms with van der Waals surface area (Å²) in [6.07, 6.45) is 0. The van der Waals surface area contributed by atoms with Gasteiger partial charge in [-0.25, -0.2) is 0 Å². The fraction of sp³-hybridized carbons (Fsp3) is 0.0625. The van der Waals surface area contributed by atoms with Crippen molar-refractivity contribution in [1.82, 2.24) is 4.98 Å². The fourth-order valence-corrected chi connectivity index (χ4v) is 2.15. The molecule has 2 aromatic carbocycles. The van der Waals surface area contributed by atoms with Gasteiger partial charge in [0.05, 0.1) is 5.69 Å². The molecule has 0 atom stereocenters. The number of carbonyl (C=O) groups is 1. The first-order valence-corrected chi connectivity index (χ1v) is 6.09. The van der Waals surface area contributed by atoms with E-state index in [1.165, 1.54) is 6.92 Å². The van der Waals surface area contributed by atoms with Crippen molar-refractivity contribution in [3.05, 3.63) is 54.6 Å². The van der Waals surface area contributed by atoms with E-state index in [-0.39, 0.29) is 5.97 Å². The topological polar surface area (TPSA) is 42.1 Å². The second kappa shape index (κ2) is 4.61. The highest BCUT2D eigenvalue weighted by atomic mass is 16.5. The Morgan fingerprint density at radius 3 is 2.58 bits per heavy atom. The quantitative estimate of drug-likeness (QED) is 0.556. The SMILES string of the molecule is CC(=O)Oc1ccccc1-c1cc2ccccc2[nH]1. The van der Waals surface area contributed by atoms with Crippen LogP contribution in [-0.4, -0.2) is 11.0 Å². The van der Waals surface area contributed by atoms with Crippen LogP contribution in [0.4, 0.5) is 0 Å². The first kappa shape index (κ1) is 11.5. The molecule has 0 unspecified atom stereocenters. The highest BCUT2D eigenvalue weighted by molar-refractivity contribution is 5.87. The van der Waals surface area contributed by atoms with Crippen molar-refractivity contribution in [2.24, 2.45) is 0 Å². The smallest absolute Gasteiger partial charge is 0.308 e. The normalized spacial score (nSPS) is 10.6. The van der Waals surface area contributed by atoms with E-state index in [1.807, 2.05) is 42.5 Å². The van der Waals surface area contributed by atoms with E-state index >= 15 is 0 Å². The van der Waals surface area contributed by atoms with Gasteiger partial charge in [-0.1, -0.05) is 30.3 Å². The molecule has 3 rings (SSSR count). The molecule has 0 saturated carbocycles. The summed E-state index contributed by atoms with van der Waals surface area (Å²) < 4.78 is 5.24. The lowest BCUT2D eigenvalue weighted by Crippen LogP contribution is -2.02. The largest absolute Gasteiger partial charge is 0.426 e. The molecule has 3 nitrogen and oxygen atoms in total. The Kier molecular flexibility index (Phi) is 2.80. The van der Waals surface area contributed by atoms with E-state index < -0.39 is 0 Å². The molecule has 94 valence electrons. The summed E-state index contributed by atoms with van der Waals surface area (Å²) >= 11 is 0. The van der Waals surface area contributed by atoms with Crippen LogP contribution >= 0.6 is 0 Å². The zero-order valence-corrected chi connectivity index (χ0v) is 10.5. The number of benzene rings is 2. The van der Waals surface area contributed by atoms with Crippen LogP contribution < -0.4 is 4.74 Å². The molecule has 0 aliphatic carbocycles. The van der Waals surface area contributed by atoms with Crippen LogP contribution in [0.15, 0.2) is 54.6 Å². The molecule has 0 aliphatic rings. The van der Waals surface area contributed by atoms with Gasteiger partial charge in [-0.3, -0.25) is 4.79 Å². The van der Waals surface area contributed by atoms with Crippen molar-refractivity contribution in [1.29, 1.82) is 0 Å². The van der Waals surface area contributed by atoms with Gasteiger partial charge in [0.1, 0.15) is 5.75 Å². The number of para-hydroxylation sites is 2. The number of H-pyrrole nitrogens is 1. The first-order valence-electron chi connectivity index (χ1n) is 6.09. The number of hydrogen-bond donors (Lipinski definition) is 1. The van der Waals surface area contributed by atoms with E-state index in [4.69, 9.17) is 4.74 Å². The van der Waals surface area contributed by atoms with Gasteiger partial charge in [0.25, 0.3) is 0 Å². The zero-order valence-electron chi connectivity index (χ0n) is 10.5. The number of aromatic nitrogens is 1. The lowest BCUT2D eigenvalue weighted by molar-refractivity contribution is -0.131. The zero-order chi connectivity index (χ0) is 13.2. The first-order chi connectivity index (χ1) is 9.24. The standard InChI is InChI=1S/C16H13NO2/c1-11(18)19-16-9-5-3-7-13(16)15-10-12-6-2-4-8-14(12)17-15/h2-10,17H,1H3. The molecule has 0 saturated heterocycles. The number of nitrogens with one attached hydrogen (secondary N) is 1. The van der Waals surface area contributed by atoms with Crippen LogP contribution in [0.25, 0.3) is 22.2 Å². The highest BCUT2D eigenvalue weighted by Gasteiger charge is 2.10. The van der Waals surface area contributed by atoms with Crippen LogP contribution in [0.5, 0.6) is 5.75 Å². The highest BCUT2D eigenvalue weighted by Crippen LogP contribution is 2.31. The molecule has 1 aromatic heterocycles. The molecule has 3 heteroatoms. The molecule has 0 bridgehead atoms. The van der Waals surface area contributed by atoms with E-state index in [0.29, 0.717) is 5.75 Å². The van der Waals surface area contributed by atoms with Crippen LogP contribution in [0.3, 0.4) is 0 Å². The Hall–Kier alpha value is -2.55. The van der Waals surface area contributed by atoms with E-state index in [1.54, 1.807) is 6.07 Å². The van der Waals surface area contributed by atoms with Crippen LogP contribution in [0, 0.1) is 0 Å². The summed E-state index contributed by atoms with van der Waals surface area (Å²) in [5.74, 6) is 0.255. The number of rotatable bonds is 2. The van der Waals surface area contributed by atoms with E-state index in [0.717, 1.165) is 22.2 Å². The van der Waals surface area contributed by atoms with Crippen LogP contribution in [-0.2, 0) is 4.79 Å². The van der Waals surface area contributed by atoms with Crippen molar-refractivity contribution < 1.29 is 9.53 Å². The second-order valence-corrected chi connectivity index (χ2v) is 4.36. The summed E-state index contributed by atoms with van der Waals surface area (Å²) in [5.41, 5.74) is 2.89. The number of esters is 1. The molecular formula is C16H13NO2. The minimum atomic E-state index is -0.316. The van der Waals surface area contributed by atoms with Crippen LogP contribution in [0.2, 0.25) is 0 Å². The van der Waals surface area contributed by atoms with Gasteiger partial charge >= 0.3 is 5.97 Å². The molecule has 0 aliphatic heterocycles. The maximum Gasteiger partial charge on any atom is 0.308 e. The molecule has 0 spiro atoms. The minimum Gasteiger partial charge on any atom is -0.426 e. The van der Waals surface area contributed by atoms with Crippen LogP contribution in [0.1, 0.15) is 6.92 Å². The fourth-order valence-electron chi connectivity index (χ4n) is 2.15. The minimum absolute atomic E-state index is 0.316. The Morgan fingerprint density at radius 2 is 1.79 bits per heavy atom. The van der Waals surface area contributed by atoms with Crippen molar-refractivity contribution in [3.63, 3.8) is 0 Å². The average Bonchev–Trinajstić information content (AvgIpc) is 2.82. The average molecular weight is 251 g/mol. The summed E-state index contributed by atoms with van der Waals surface area (Å²) in [5, 5.41) is 1.13. The molecule has 0 fully saturated rings. The number of ether oxygens (including phenoxy) is 1. The Bertz CT molecular complexity index is 710. The Balaban J connectivity index is 2.13. The number of aromatic amines is 1. The van der Waals surface area contributed by atoms with Crippen molar-refractivity contribution in [2.45, 2.75) is 6.92 Å². The van der Waals surface area contributed by atoms with E-state index in [9.17, 15) is 4.79 Å². The van der Waals surface area contributed by atoms with Gasteiger partial charge in [0.2, 0.25) is 0 Å². The van der Waals surface area contributed by atoms with Gasteiger partial charge in [0, 0.05) is 23.4 Å². The number of fused-ring (bicyclic) bond motifs is 1. The van der Waals surface area contributed by atoms with E-state index in [2.05, 4.69) is 11.1 Å². The number of carbonyl (C=O) groups excluding carboxylic acids is 1. The molecule has 0 radical (unpaired) electrons. The summed E-state index contributed by atoms with van der Waals surface area (Å²) in [7, 11) is 0. The van der Waals surface area contributed by atoms with Gasteiger partial charge in [0.15, 0.2) is 0 Å². The third-order valence-electron chi connectivity index (χ3n) is 2.96. The van der Waals surface area contributed by atoms with Crippen molar-refractivity contribution in [2.75, 3.05) is 0 Å². The lowest BCUT2D eigenvalue weighted by Gasteiger charge is -2.06. The maximum atomic E-state index is 11.1. The molecular weight excluding hydrogens is 238 g/mol. The van der Waals surface area contributed by atoms with Gasteiger partial charge < -0.3 is 9.72 Å². The molecule has 1 N–H and O–H groups in total. The molecule has 3 aromatic rings. The Labute approximate surface area is 110 Å². The second-order valence-electron chi connectivity index (χ2n) is 4.36. The summed E-state index contributed by atoms with van der Waals surface area (Å²) in [6.45, 7) is 1.40. The summed E-state index contributed by atoms with van der Waals surface area (Å²) in [6, 6.07) is 17.6. The van der Waals surface area contributed by atoms with Crippen molar-refractivity contribution in [3.8, 4) is 17.0 Å². The monoisotopic (exact) mass is 251 g/mol. The molecule has 1 heterocycles. The predicted molar refractivity (Wildman–Crippen MR) is 75.0 cm³/mol.